The van der Waals surface area contributed by atoms with Crippen molar-refractivity contribution < 1.29 is 14.3 Å². The molecule has 0 unspecified atom stereocenters. The quantitative estimate of drug-likeness (QED) is 0.356. The van der Waals surface area contributed by atoms with E-state index in [-0.39, 0.29) is 24.5 Å². The van der Waals surface area contributed by atoms with Gasteiger partial charge < -0.3 is 15.0 Å². The maximum atomic E-state index is 13.6. The van der Waals surface area contributed by atoms with Crippen molar-refractivity contribution in [3.05, 3.63) is 76.3 Å². The van der Waals surface area contributed by atoms with Gasteiger partial charge in [0, 0.05) is 12.6 Å². The Morgan fingerprint density at radius 2 is 1.77 bits per heavy atom. The van der Waals surface area contributed by atoms with Gasteiger partial charge in [0.05, 0.1) is 4.47 Å². The minimum absolute atomic E-state index is 0.0757. The molecule has 5 nitrogen and oxygen atoms in total. The van der Waals surface area contributed by atoms with Crippen LogP contribution < -0.4 is 10.1 Å². The second-order valence-corrected chi connectivity index (χ2v) is 10.0. The number of halogens is 1. The number of aryl methyl sites for hydroxylation is 1. The molecule has 4 rings (SSSR count). The second kappa shape index (κ2) is 11.7. The van der Waals surface area contributed by atoms with Crippen molar-refractivity contribution in [1.82, 2.24) is 10.2 Å². The van der Waals surface area contributed by atoms with Crippen molar-refractivity contribution in [2.75, 3.05) is 6.61 Å². The smallest absolute Gasteiger partial charge is 0.261 e. The molecule has 1 atom stereocenters. The van der Waals surface area contributed by atoms with Crippen LogP contribution in [0.5, 0.6) is 5.75 Å². The Morgan fingerprint density at radius 1 is 1.06 bits per heavy atom. The van der Waals surface area contributed by atoms with Crippen LogP contribution in [-0.2, 0) is 16.1 Å². The summed E-state index contributed by atoms with van der Waals surface area (Å²) in [7, 11) is 0. The molecule has 35 heavy (non-hydrogen) atoms. The number of benzene rings is 3. The summed E-state index contributed by atoms with van der Waals surface area (Å²) in [5, 5.41) is 5.30. The van der Waals surface area contributed by atoms with Crippen LogP contribution in [0.4, 0.5) is 0 Å². The van der Waals surface area contributed by atoms with E-state index in [4.69, 9.17) is 4.74 Å². The summed E-state index contributed by atoms with van der Waals surface area (Å²) in [6.45, 7) is 4.21. The number of hydrogen-bond acceptors (Lipinski definition) is 3. The topological polar surface area (TPSA) is 58.6 Å². The molecule has 1 aliphatic carbocycles. The largest absolute Gasteiger partial charge is 0.483 e. The average molecular weight is 537 g/mol. The van der Waals surface area contributed by atoms with Gasteiger partial charge >= 0.3 is 0 Å². The summed E-state index contributed by atoms with van der Waals surface area (Å²) in [4.78, 5) is 28.5. The van der Waals surface area contributed by atoms with Gasteiger partial charge in [-0.15, -0.1) is 0 Å². The van der Waals surface area contributed by atoms with Crippen molar-refractivity contribution in [2.24, 2.45) is 0 Å². The number of ether oxygens (including phenoxy) is 1. The second-order valence-electron chi connectivity index (χ2n) is 9.25. The van der Waals surface area contributed by atoms with Crippen LogP contribution in [0.2, 0.25) is 0 Å². The predicted octanol–water partition coefficient (Wildman–Crippen LogP) is 6.16. The standard InChI is InChI=1S/C29H33BrN2O3/c1-3-25(29(34)31-23-13-7-8-14-23)32(18-22-12-5-4-10-20(22)2)27(33)19-35-26-17-16-21-11-6-9-15-24(21)28(26)30/h4-6,9-12,15-17,23,25H,3,7-8,13-14,18-19H2,1-2H3,(H,31,34)/t25-/m1/s1. The zero-order valence-electron chi connectivity index (χ0n) is 20.4. The lowest BCUT2D eigenvalue weighted by Crippen LogP contribution is -2.52. The van der Waals surface area contributed by atoms with E-state index in [1.807, 2.05) is 74.5 Å². The molecule has 6 heteroatoms. The minimum Gasteiger partial charge on any atom is -0.483 e. The summed E-state index contributed by atoms with van der Waals surface area (Å²) in [6.07, 6.45) is 4.83. The average Bonchev–Trinajstić information content (AvgIpc) is 3.37. The Morgan fingerprint density at radius 3 is 2.51 bits per heavy atom. The maximum Gasteiger partial charge on any atom is 0.261 e. The number of hydrogen-bond donors (Lipinski definition) is 1. The van der Waals surface area contributed by atoms with Crippen LogP contribution in [0.25, 0.3) is 10.8 Å². The fourth-order valence-electron chi connectivity index (χ4n) is 4.81. The lowest BCUT2D eigenvalue weighted by atomic mass is 10.1. The molecule has 0 saturated heterocycles. The van der Waals surface area contributed by atoms with Crippen molar-refractivity contribution in [3.8, 4) is 5.75 Å². The molecule has 1 N–H and O–H groups in total. The van der Waals surface area contributed by atoms with E-state index in [0.717, 1.165) is 52.1 Å². The highest BCUT2D eigenvalue weighted by Crippen LogP contribution is 2.33. The molecule has 2 amide bonds. The molecular weight excluding hydrogens is 504 g/mol. The van der Waals surface area contributed by atoms with E-state index in [1.165, 1.54) is 0 Å². The van der Waals surface area contributed by atoms with Gasteiger partial charge in [-0.25, -0.2) is 0 Å². The molecule has 1 aliphatic rings. The fraction of sp³-hybridized carbons (Fsp3) is 0.379. The summed E-state index contributed by atoms with van der Waals surface area (Å²) < 4.78 is 6.81. The summed E-state index contributed by atoms with van der Waals surface area (Å²) >= 11 is 3.63. The van der Waals surface area contributed by atoms with E-state index >= 15 is 0 Å². The third-order valence-corrected chi connectivity index (χ3v) is 7.69. The lowest BCUT2D eigenvalue weighted by molar-refractivity contribution is -0.143. The first kappa shape index (κ1) is 25.2. The Labute approximate surface area is 216 Å². The number of nitrogens with one attached hydrogen (secondary N) is 1. The molecule has 0 heterocycles. The van der Waals surface area contributed by atoms with Crippen molar-refractivity contribution in [3.63, 3.8) is 0 Å². The number of rotatable bonds is 9. The number of carbonyl (C=O) groups excluding carboxylic acids is 2. The summed E-state index contributed by atoms with van der Waals surface area (Å²) in [5.74, 6) is 0.325. The summed E-state index contributed by atoms with van der Waals surface area (Å²) in [5.41, 5.74) is 2.12. The fourth-order valence-corrected chi connectivity index (χ4v) is 5.41. The van der Waals surface area contributed by atoms with Crippen LogP contribution in [-0.4, -0.2) is 35.4 Å². The van der Waals surface area contributed by atoms with Gasteiger partial charge in [-0.3, -0.25) is 9.59 Å². The van der Waals surface area contributed by atoms with E-state index in [2.05, 4.69) is 21.2 Å². The highest BCUT2D eigenvalue weighted by Gasteiger charge is 2.31. The maximum absolute atomic E-state index is 13.6. The number of fused-ring (bicyclic) bond motifs is 1. The van der Waals surface area contributed by atoms with Crippen LogP contribution in [0.1, 0.15) is 50.2 Å². The first-order valence-corrected chi connectivity index (χ1v) is 13.2. The van der Waals surface area contributed by atoms with Crippen molar-refractivity contribution in [1.29, 1.82) is 0 Å². The van der Waals surface area contributed by atoms with Gasteiger partial charge in [-0.2, -0.15) is 0 Å². The predicted molar refractivity (Wildman–Crippen MR) is 143 cm³/mol. The normalized spacial score (nSPS) is 14.6. The zero-order valence-corrected chi connectivity index (χ0v) is 22.0. The van der Waals surface area contributed by atoms with Crippen LogP contribution in [0, 0.1) is 6.92 Å². The van der Waals surface area contributed by atoms with Crippen LogP contribution in [0.3, 0.4) is 0 Å². The molecule has 0 spiro atoms. The van der Waals surface area contributed by atoms with E-state index in [1.54, 1.807) is 4.90 Å². The lowest BCUT2D eigenvalue weighted by Gasteiger charge is -2.32. The Bertz CT molecular complexity index is 1190. The first-order chi connectivity index (χ1) is 17.0. The highest BCUT2D eigenvalue weighted by atomic mass is 79.9. The van der Waals surface area contributed by atoms with Gasteiger partial charge in [0.15, 0.2) is 6.61 Å². The minimum atomic E-state index is -0.550. The molecule has 3 aromatic carbocycles. The van der Waals surface area contributed by atoms with Crippen LogP contribution >= 0.6 is 15.9 Å². The van der Waals surface area contributed by atoms with Gasteiger partial charge in [-0.05, 0) is 70.1 Å². The molecule has 1 saturated carbocycles. The monoisotopic (exact) mass is 536 g/mol. The number of carbonyl (C=O) groups is 2. The molecular formula is C29H33BrN2O3. The van der Waals surface area contributed by atoms with E-state index < -0.39 is 6.04 Å². The van der Waals surface area contributed by atoms with Gasteiger partial charge in [-0.1, -0.05) is 74.4 Å². The third kappa shape index (κ3) is 6.04. The van der Waals surface area contributed by atoms with Gasteiger partial charge in [0.25, 0.3) is 5.91 Å². The third-order valence-electron chi connectivity index (χ3n) is 6.87. The van der Waals surface area contributed by atoms with Gasteiger partial charge in [0.1, 0.15) is 11.8 Å². The molecule has 0 bridgehead atoms. The first-order valence-electron chi connectivity index (χ1n) is 12.4. The Hall–Kier alpha value is -2.86. The highest BCUT2D eigenvalue weighted by molar-refractivity contribution is 9.10. The Balaban J connectivity index is 1.54. The Kier molecular flexibility index (Phi) is 8.45. The molecule has 1 fully saturated rings. The van der Waals surface area contributed by atoms with Crippen molar-refractivity contribution in [2.45, 2.75) is 64.6 Å². The number of amides is 2. The van der Waals surface area contributed by atoms with E-state index in [9.17, 15) is 9.59 Å². The molecule has 0 radical (unpaired) electrons. The van der Waals surface area contributed by atoms with Crippen LogP contribution in [0.15, 0.2) is 65.1 Å². The molecule has 0 aliphatic heterocycles. The summed E-state index contributed by atoms with van der Waals surface area (Å²) in [6, 6.07) is 19.5. The van der Waals surface area contributed by atoms with Crippen molar-refractivity contribution >= 4 is 38.5 Å². The van der Waals surface area contributed by atoms with Gasteiger partial charge in [0.2, 0.25) is 5.91 Å². The number of nitrogens with zero attached hydrogens (tertiary/aromatic N) is 1. The van der Waals surface area contributed by atoms with E-state index in [0.29, 0.717) is 18.7 Å². The zero-order chi connectivity index (χ0) is 24.8. The molecule has 3 aromatic rings. The molecule has 184 valence electrons. The SMILES string of the molecule is CC[C@H](C(=O)NC1CCCC1)N(Cc1ccccc1C)C(=O)COc1ccc2ccccc2c1Br. The molecule has 0 aromatic heterocycles.